The van der Waals surface area contributed by atoms with E-state index in [0.717, 1.165) is 5.56 Å². The summed E-state index contributed by atoms with van der Waals surface area (Å²) in [5.41, 5.74) is 0.828. The fraction of sp³-hybridized carbons (Fsp3) is 0.357. The van der Waals surface area contributed by atoms with E-state index in [1.165, 1.54) is 12.8 Å². The minimum absolute atomic E-state index is 0.237. The van der Waals surface area contributed by atoms with Gasteiger partial charge in [-0.3, -0.25) is 9.69 Å². The van der Waals surface area contributed by atoms with Gasteiger partial charge in [0, 0.05) is 17.6 Å². The van der Waals surface area contributed by atoms with Crippen LogP contribution in [0, 0.1) is 0 Å². The van der Waals surface area contributed by atoms with Gasteiger partial charge in [0.15, 0.2) is 5.78 Å². The van der Waals surface area contributed by atoms with Crippen LogP contribution in [0.2, 0.25) is 0 Å². The maximum Gasteiger partial charge on any atom is 0.176 e. The number of benzene rings is 1. The van der Waals surface area contributed by atoms with E-state index in [2.05, 4.69) is 17.1 Å². The molecule has 2 unspecified atom stereocenters. The first-order valence-electron chi connectivity index (χ1n) is 5.87. The number of fused-ring (bicyclic) bond motifs is 2. The molecule has 82 valence electrons. The number of hydrogen-bond donors (Lipinski definition) is 0. The summed E-state index contributed by atoms with van der Waals surface area (Å²) in [6, 6.07) is 10.6. The third-order valence-corrected chi connectivity index (χ3v) is 3.59. The number of nitrogens with zero attached hydrogens (tertiary/aromatic N) is 1. The lowest BCUT2D eigenvalue weighted by Crippen LogP contribution is -2.34. The molecule has 1 fully saturated rings. The highest BCUT2D eigenvalue weighted by atomic mass is 16.1. The van der Waals surface area contributed by atoms with Gasteiger partial charge in [0.05, 0.1) is 6.54 Å². The Balaban J connectivity index is 1.70. The zero-order valence-electron chi connectivity index (χ0n) is 9.17. The molecule has 0 spiro atoms. The second-order valence-corrected chi connectivity index (χ2v) is 4.56. The van der Waals surface area contributed by atoms with Crippen molar-refractivity contribution < 1.29 is 4.79 Å². The van der Waals surface area contributed by atoms with Crippen molar-refractivity contribution >= 4 is 5.78 Å². The molecule has 16 heavy (non-hydrogen) atoms. The molecule has 0 aromatic heterocycles. The molecule has 2 heteroatoms. The molecule has 2 heterocycles. The summed E-state index contributed by atoms with van der Waals surface area (Å²) >= 11 is 0. The highest BCUT2D eigenvalue weighted by Gasteiger charge is 2.35. The van der Waals surface area contributed by atoms with Gasteiger partial charge in [-0.1, -0.05) is 42.5 Å². The molecule has 2 aliphatic heterocycles. The van der Waals surface area contributed by atoms with Crippen molar-refractivity contribution in [2.24, 2.45) is 0 Å². The number of carbonyl (C=O) groups excluding carboxylic acids is 1. The van der Waals surface area contributed by atoms with Gasteiger partial charge in [-0.15, -0.1) is 0 Å². The fourth-order valence-corrected chi connectivity index (χ4v) is 2.70. The Labute approximate surface area is 95.6 Å². The largest absolute Gasteiger partial charge is 0.293 e. The second-order valence-electron chi connectivity index (χ2n) is 4.56. The van der Waals surface area contributed by atoms with Gasteiger partial charge in [-0.05, 0) is 12.8 Å². The Bertz CT molecular complexity index is 410. The highest BCUT2D eigenvalue weighted by Crippen LogP contribution is 2.31. The smallest absolute Gasteiger partial charge is 0.176 e. The topological polar surface area (TPSA) is 20.3 Å². The third-order valence-electron chi connectivity index (χ3n) is 3.59. The first kappa shape index (κ1) is 9.79. The maximum absolute atomic E-state index is 12.1. The van der Waals surface area contributed by atoms with Gasteiger partial charge in [-0.25, -0.2) is 0 Å². The van der Waals surface area contributed by atoms with Crippen LogP contribution in [0.5, 0.6) is 0 Å². The van der Waals surface area contributed by atoms with Gasteiger partial charge in [0.25, 0.3) is 0 Å². The molecular weight excluding hydrogens is 198 g/mol. The van der Waals surface area contributed by atoms with Crippen LogP contribution in [0.3, 0.4) is 0 Å². The van der Waals surface area contributed by atoms with Gasteiger partial charge in [0.2, 0.25) is 0 Å². The predicted octanol–water partition coefficient (Wildman–Crippen LogP) is 2.27. The van der Waals surface area contributed by atoms with Crippen molar-refractivity contribution in [1.29, 1.82) is 0 Å². The van der Waals surface area contributed by atoms with E-state index in [4.69, 9.17) is 0 Å². The number of hydrogen-bond acceptors (Lipinski definition) is 2. The third kappa shape index (κ3) is 1.59. The molecule has 2 atom stereocenters. The van der Waals surface area contributed by atoms with Crippen LogP contribution < -0.4 is 0 Å². The SMILES string of the molecule is O=C(CN1C2C=CC1CC2)c1ccccc1. The lowest BCUT2D eigenvalue weighted by molar-refractivity contribution is 0.0924. The Morgan fingerprint density at radius 1 is 1.12 bits per heavy atom. The molecule has 0 aliphatic carbocycles. The molecule has 2 nitrogen and oxygen atoms in total. The number of Topliss-reactive ketones (excluding diaryl/α,β-unsaturated/α-hetero) is 1. The summed E-state index contributed by atoms with van der Waals surface area (Å²) in [7, 11) is 0. The van der Waals surface area contributed by atoms with Crippen molar-refractivity contribution in [1.82, 2.24) is 4.90 Å². The summed E-state index contributed by atoms with van der Waals surface area (Å²) in [6.07, 6.45) is 6.91. The first-order chi connectivity index (χ1) is 7.84. The summed E-state index contributed by atoms with van der Waals surface area (Å²) in [6.45, 7) is 0.562. The summed E-state index contributed by atoms with van der Waals surface area (Å²) in [5, 5.41) is 0. The summed E-state index contributed by atoms with van der Waals surface area (Å²) in [5.74, 6) is 0.237. The quantitative estimate of drug-likeness (QED) is 0.567. The van der Waals surface area contributed by atoms with Crippen molar-refractivity contribution in [3.63, 3.8) is 0 Å². The van der Waals surface area contributed by atoms with E-state index in [1.807, 2.05) is 30.3 Å². The molecule has 1 saturated heterocycles. The normalized spacial score (nSPS) is 27.5. The minimum Gasteiger partial charge on any atom is -0.293 e. The standard InChI is InChI=1S/C14H15NO/c16-14(11-4-2-1-3-5-11)10-15-12-6-7-13(15)9-8-12/h1-7,12-13H,8-10H2. The predicted molar refractivity (Wildman–Crippen MR) is 63.4 cm³/mol. The first-order valence-corrected chi connectivity index (χ1v) is 5.87. The monoisotopic (exact) mass is 213 g/mol. The lowest BCUT2D eigenvalue weighted by Gasteiger charge is -2.20. The number of rotatable bonds is 3. The molecule has 1 aromatic carbocycles. The number of ketones is 1. The van der Waals surface area contributed by atoms with Gasteiger partial charge in [0.1, 0.15) is 0 Å². The van der Waals surface area contributed by atoms with E-state index >= 15 is 0 Å². The van der Waals surface area contributed by atoms with Gasteiger partial charge < -0.3 is 0 Å². The number of carbonyl (C=O) groups is 1. The summed E-state index contributed by atoms with van der Waals surface area (Å²) < 4.78 is 0. The van der Waals surface area contributed by atoms with Crippen molar-refractivity contribution in [2.75, 3.05) is 6.54 Å². The van der Waals surface area contributed by atoms with Crippen molar-refractivity contribution in [3.8, 4) is 0 Å². The molecule has 0 amide bonds. The van der Waals surface area contributed by atoms with Crippen LogP contribution in [0.15, 0.2) is 42.5 Å². The molecule has 3 rings (SSSR count). The van der Waals surface area contributed by atoms with E-state index in [0.29, 0.717) is 18.6 Å². The van der Waals surface area contributed by atoms with Crippen LogP contribution >= 0.6 is 0 Å². The molecule has 2 bridgehead atoms. The second kappa shape index (κ2) is 3.87. The molecule has 0 N–H and O–H groups in total. The van der Waals surface area contributed by atoms with Gasteiger partial charge >= 0.3 is 0 Å². The van der Waals surface area contributed by atoms with E-state index in [9.17, 15) is 4.79 Å². The van der Waals surface area contributed by atoms with Crippen molar-refractivity contribution in [2.45, 2.75) is 24.9 Å². The molecule has 1 aromatic rings. The van der Waals surface area contributed by atoms with Crippen molar-refractivity contribution in [3.05, 3.63) is 48.0 Å². The zero-order chi connectivity index (χ0) is 11.0. The van der Waals surface area contributed by atoms with Crippen LogP contribution in [-0.4, -0.2) is 29.3 Å². The lowest BCUT2D eigenvalue weighted by atomic mass is 10.1. The average molecular weight is 213 g/mol. The molecular formula is C14H15NO. The molecule has 0 saturated carbocycles. The Kier molecular flexibility index (Phi) is 2.37. The van der Waals surface area contributed by atoms with E-state index in [1.54, 1.807) is 0 Å². The molecule has 2 aliphatic rings. The average Bonchev–Trinajstić information content (AvgIpc) is 2.90. The van der Waals surface area contributed by atoms with E-state index < -0.39 is 0 Å². The molecule has 0 radical (unpaired) electrons. The fourth-order valence-electron chi connectivity index (χ4n) is 2.70. The Hall–Kier alpha value is -1.41. The van der Waals surface area contributed by atoms with Crippen LogP contribution in [0.1, 0.15) is 23.2 Å². The van der Waals surface area contributed by atoms with Crippen LogP contribution in [0.25, 0.3) is 0 Å². The Morgan fingerprint density at radius 3 is 2.31 bits per heavy atom. The van der Waals surface area contributed by atoms with E-state index in [-0.39, 0.29) is 5.78 Å². The zero-order valence-corrected chi connectivity index (χ0v) is 9.17. The van der Waals surface area contributed by atoms with Gasteiger partial charge in [-0.2, -0.15) is 0 Å². The minimum atomic E-state index is 0.237. The van der Waals surface area contributed by atoms with Crippen LogP contribution in [-0.2, 0) is 0 Å². The van der Waals surface area contributed by atoms with Crippen LogP contribution in [0.4, 0.5) is 0 Å². The Morgan fingerprint density at radius 2 is 1.75 bits per heavy atom. The highest BCUT2D eigenvalue weighted by molar-refractivity contribution is 5.97. The maximum atomic E-state index is 12.1. The summed E-state index contributed by atoms with van der Waals surface area (Å²) in [4.78, 5) is 14.4.